The second kappa shape index (κ2) is 6.57. The Bertz CT molecular complexity index is 903. The van der Waals surface area contributed by atoms with Gasteiger partial charge in [-0.15, -0.1) is 12.6 Å². The van der Waals surface area contributed by atoms with Gasteiger partial charge < -0.3 is 0 Å². The standard InChI is InChI=1S/C20H14F2OS/c1-12-18(22)17(21)11-16(20(12)24)13-7-9-15(10-8-13)19(23)14-5-3-2-4-6-14/h2-11,24H,1H3. The van der Waals surface area contributed by atoms with Crippen molar-refractivity contribution in [1.82, 2.24) is 0 Å². The number of hydrogen-bond donors (Lipinski definition) is 1. The van der Waals surface area contributed by atoms with Gasteiger partial charge in [0.1, 0.15) is 0 Å². The largest absolute Gasteiger partial charge is 0.289 e. The molecule has 0 aliphatic carbocycles. The van der Waals surface area contributed by atoms with Gasteiger partial charge in [0.2, 0.25) is 0 Å². The third-order valence-electron chi connectivity index (χ3n) is 3.91. The third kappa shape index (κ3) is 2.97. The fourth-order valence-corrected chi connectivity index (χ4v) is 2.81. The zero-order valence-electron chi connectivity index (χ0n) is 12.9. The average Bonchev–Trinajstić information content (AvgIpc) is 2.63. The molecule has 0 aromatic heterocycles. The quantitative estimate of drug-likeness (QED) is 0.495. The summed E-state index contributed by atoms with van der Waals surface area (Å²) in [6.07, 6.45) is 0. The highest BCUT2D eigenvalue weighted by Gasteiger charge is 2.15. The molecule has 0 N–H and O–H groups in total. The van der Waals surface area contributed by atoms with E-state index in [1.54, 1.807) is 48.5 Å². The molecule has 120 valence electrons. The van der Waals surface area contributed by atoms with Gasteiger partial charge in [-0.3, -0.25) is 4.79 Å². The maximum atomic E-state index is 13.7. The Balaban J connectivity index is 1.98. The van der Waals surface area contributed by atoms with Crippen LogP contribution in [-0.4, -0.2) is 5.78 Å². The molecule has 24 heavy (non-hydrogen) atoms. The molecule has 0 spiro atoms. The summed E-state index contributed by atoms with van der Waals surface area (Å²) in [4.78, 5) is 12.8. The Morgan fingerprint density at radius 3 is 2.12 bits per heavy atom. The van der Waals surface area contributed by atoms with E-state index in [4.69, 9.17) is 0 Å². The topological polar surface area (TPSA) is 17.1 Å². The lowest BCUT2D eigenvalue weighted by Gasteiger charge is -2.11. The van der Waals surface area contributed by atoms with Crippen molar-refractivity contribution in [3.05, 3.63) is 89.0 Å². The van der Waals surface area contributed by atoms with Crippen molar-refractivity contribution in [2.24, 2.45) is 0 Å². The van der Waals surface area contributed by atoms with Gasteiger partial charge in [0.05, 0.1) is 0 Å². The molecule has 0 atom stereocenters. The van der Waals surface area contributed by atoms with Gasteiger partial charge >= 0.3 is 0 Å². The summed E-state index contributed by atoms with van der Waals surface area (Å²) in [5, 5.41) is 0. The van der Waals surface area contributed by atoms with Gasteiger partial charge in [0.15, 0.2) is 17.4 Å². The van der Waals surface area contributed by atoms with Crippen LogP contribution in [0.3, 0.4) is 0 Å². The van der Waals surface area contributed by atoms with Crippen LogP contribution in [0, 0.1) is 18.6 Å². The van der Waals surface area contributed by atoms with Crippen molar-refractivity contribution in [2.45, 2.75) is 11.8 Å². The second-order valence-electron chi connectivity index (χ2n) is 5.47. The minimum atomic E-state index is -0.912. The maximum absolute atomic E-state index is 13.7. The first-order valence-electron chi connectivity index (χ1n) is 7.37. The van der Waals surface area contributed by atoms with Crippen molar-refractivity contribution in [1.29, 1.82) is 0 Å². The first kappa shape index (κ1) is 16.4. The molecule has 0 heterocycles. The average molecular weight is 340 g/mol. The molecule has 0 unspecified atom stereocenters. The van der Waals surface area contributed by atoms with Crippen LogP contribution >= 0.6 is 12.6 Å². The number of ketones is 1. The molecule has 0 saturated heterocycles. The van der Waals surface area contributed by atoms with E-state index in [9.17, 15) is 13.6 Å². The van der Waals surface area contributed by atoms with Gasteiger partial charge in [-0.2, -0.15) is 0 Å². The van der Waals surface area contributed by atoms with Crippen molar-refractivity contribution >= 4 is 18.4 Å². The van der Waals surface area contributed by atoms with Crippen LogP contribution in [0.1, 0.15) is 21.5 Å². The number of halogens is 2. The summed E-state index contributed by atoms with van der Waals surface area (Å²) >= 11 is 4.29. The summed E-state index contributed by atoms with van der Waals surface area (Å²) in [5.74, 6) is -1.89. The summed E-state index contributed by atoms with van der Waals surface area (Å²) in [7, 11) is 0. The highest BCUT2D eigenvalue weighted by molar-refractivity contribution is 7.80. The molecule has 0 aliphatic rings. The normalized spacial score (nSPS) is 10.7. The molecule has 0 bridgehead atoms. The molecule has 0 fully saturated rings. The molecule has 0 aliphatic heterocycles. The Kier molecular flexibility index (Phi) is 4.49. The number of hydrogen-bond acceptors (Lipinski definition) is 2. The maximum Gasteiger partial charge on any atom is 0.193 e. The minimum absolute atomic E-state index is 0.0882. The molecule has 3 rings (SSSR count). The predicted octanol–water partition coefficient (Wildman–Crippen LogP) is 5.46. The van der Waals surface area contributed by atoms with Gasteiger partial charge in [0, 0.05) is 21.6 Å². The highest BCUT2D eigenvalue weighted by Crippen LogP contribution is 2.32. The Morgan fingerprint density at radius 1 is 0.917 bits per heavy atom. The number of thiol groups is 1. The van der Waals surface area contributed by atoms with Crippen LogP contribution in [-0.2, 0) is 0 Å². The Hall–Kier alpha value is -2.46. The summed E-state index contributed by atoms with van der Waals surface area (Å²) < 4.78 is 27.2. The Labute approximate surface area is 144 Å². The number of benzene rings is 3. The monoisotopic (exact) mass is 340 g/mol. The van der Waals surface area contributed by atoms with E-state index >= 15 is 0 Å². The zero-order valence-corrected chi connectivity index (χ0v) is 13.8. The van der Waals surface area contributed by atoms with Crippen molar-refractivity contribution < 1.29 is 13.6 Å². The van der Waals surface area contributed by atoms with E-state index in [0.29, 0.717) is 27.1 Å². The number of carbonyl (C=O) groups excluding carboxylic acids is 1. The number of carbonyl (C=O) groups is 1. The zero-order chi connectivity index (χ0) is 17.3. The molecule has 0 amide bonds. The van der Waals surface area contributed by atoms with E-state index in [1.165, 1.54) is 6.92 Å². The predicted molar refractivity (Wildman–Crippen MR) is 93.7 cm³/mol. The van der Waals surface area contributed by atoms with E-state index in [-0.39, 0.29) is 11.3 Å². The van der Waals surface area contributed by atoms with Gasteiger partial charge in [-0.25, -0.2) is 8.78 Å². The molecular weight excluding hydrogens is 326 g/mol. The summed E-state index contributed by atoms with van der Waals surface area (Å²) in [5.41, 5.74) is 2.46. The fourth-order valence-electron chi connectivity index (χ4n) is 2.52. The van der Waals surface area contributed by atoms with Crippen molar-refractivity contribution in [3.63, 3.8) is 0 Å². The van der Waals surface area contributed by atoms with E-state index in [2.05, 4.69) is 12.6 Å². The lowest BCUT2D eigenvalue weighted by Crippen LogP contribution is -2.00. The molecule has 3 aromatic carbocycles. The van der Waals surface area contributed by atoms with Crippen molar-refractivity contribution in [3.8, 4) is 11.1 Å². The Morgan fingerprint density at radius 2 is 1.50 bits per heavy atom. The lowest BCUT2D eigenvalue weighted by atomic mass is 9.98. The van der Waals surface area contributed by atoms with Crippen molar-refractivity contribution in [2.75, 3.05) is 0 Å². The van der Waals surface area contributed by atoms with E-state index < -0.39 is 11.6 Å². The third-order valence-corrected chi connectivity index (χ3v) is 4.49. The molecule has 0 radical (unpaired) electrons. The van der Waals surface area contributed by atoms with Gasteiger partial charge in [-0.05, 0) is 24.1 Å². The first-order valence-corrected chi connectivity index (χ1v) is 7.81. The van der Waals surface area contributed by atoms with Crippen LogP contribution in [0.2, 0.25) is 0 Å². The first-order chi connectivity index (χ1) is 11.5. The second-order valence-corrected chi connectivity index (χ2v) is 5.91. The summed E-state index contributed by atoms with van der Waals surface area (Å²) in [6, 6.07) is 16.9. The van der Waals surface area contributed by atoms with Crippen LogP contribution in [0.15, 0.2) is 65.6 Å². The molecule has 3 aromatic rings. The fraction of sp³-hybridized carbons (Fsp3) is 0.0500. The van der Waals surface area contributed by atoms with Crippen LogP contribution in [0.25, 0.3) is 11.1 Å². The van der Waals surface area contributed by atoms with Crippen LogP contribution in [0.4, 0.5) is 8.78 Å². The lowest BCUT2D eigenvalue weighted by molar-refractivity contribution is 0.103. The SMILES string of the molecule is Cc1c(F)c(F)cc(-c2ccc(C(=O)c3ccccc3)cc2)c1S. The van der Waals surface area contributed by atoms with E-state index in [0.717, 1.165) is 6.07 Å². The van der Waals surface area contributed by atoms with Gasteiger partial charge in [-0.1, -0.05) is 54.6 Å². The molecule has 1 nitrogen and oxygen atoms in total. The molecular formula is C20H14F2OS. The highest BCUT2D eigenvalue weighted by atomic mass is 32.1. The molecule has 4 heteroatoms. The van der Waals surface area contributed by atoms with Crippen LogP contribution in [0.5, 0.6) is 0 Å². The minimum Gasteiger partial charge on any atom is -0.289 e. The number of rotatable bonds is 3. The van der Waals surface area contributed by atoms with Gasteiger partial charge in [0.25, 0.3) is 0 Å². The summed E-state index contributed by atoms with van der Waals surface area (Å²) in [6.45, 7) is 1.48. The van der Waals surface area contributed by atoms with Crippen LogP contribution < -0.4 is 0 Å². The molecule has 0 saturated carbocycles. The van der Waals surface area contributed by atoms with E-state index in [1.807, 2.05) is 6.07 Å². The smallest absolute Gasteiger partial charge is 0.193 e.